The number of hydrogen-bond donors (Lipinski definition) is 1. The Bertz CT molecular complexity index is 543. The second kappa shape index (κ2) is 4.18. The minimum absolute atomic E-state index is 0.0150. The average Bonchev–Trinajstić information content (AvgIpc) is 2.86. The van der Waals surface area contributed by atoms with Crippen molar-refractivity contribution in [2.45, 2.75) is 6.42 Å². The van der Waals surface area contributed by atoms with Gasteiger partial charge in [-0.05, 0) is 24.6 Å². The minimum atomic E-state index is 0.0150. The van der Waals surface area contributed by atoms with Gasteiger partial charge in [-0.25, -0.2) is 4.98 Å². The third-order valence-corrected chi connectivity index (χ3v) is 2.92. The van der Waals surface area contributed by atoms with Crippen LogP contribution in [-0.2, 0) is 4.74 Å². The SMILES string of the molecule is O=C(c1ccc2nc[nH]c2c1)N1CCCOC1. The number of aromatic amines is 1. The molecule has 0 bridgehead atoms. The van der Waals surface area contributed by atoms with E-state index in [9.17, 15) is 4.79 Å². The number of H-pyrrole nitrogens is 1. The van der Waals surface area contributed by atoms with E-state index in [1.165, 1.54) is 0 Å². The van der Waals surface area contributed by atoms with E-state index in [2.05, 4.69) is 9.97 Å². The Labute approximate surface area is 98.4 Å². The summed E-state index contributed by atoms with van der Waals surface area (Å²) in [7, 11) is 0. The van der Waals surface area contributed by atoms with E-state index in [-0.39, 0.29) is 5.91 Å². The standard InChI is InChI=1S/C12H13N3O2/c16-12(15-4-1-5-17-8-15)9-2-3-10-11(6-9)14-7-13-10/h2-3,6-7H,1,4-5,8H2,(H,13,14). The summed E-state index contributed by atoms with van der Waals surface area (Å²) >= 11 is 0. The highest BCUT2D eigenvalue weighted by Gasteiger charge is 2.18. The highest BCUT2D eigenvalue weighted by Crippen LogP contribution is 2.14. The van der Waals surface area contributed by atoms with E-state index >= 15 is 0 Å². The Kier molecular flexibility index (Phi) is 2.53. The molecule has 1 N–H and O–H groups in total. The molecule has 88 valence electrons. The Hall–Kier alpha value is -1.88. The van der Waals surface area contributed by atoms with Crippen LogP contribution in [0.4, 0.5) is 0 Å². The molecule has 2 heterocycles. The maximum Gasteiger partial charge on any atom is 0.255 e. The number of rotatable bonds is 1. The fraction of sp³-hybridized carbons (Fsp3) is 0.333. The molecule has 2 aromatic rings. The van der Waals surface area contributed by atoms with Crippen molar-refractivity contribution in [2.75, 3.05) is 19.9 Å². The van der Waals surface area contributed by atoms with Gasteiger partial charge in [0.2, 0.25) is 0 Å². The first-order valence-electron chi connectivity index (χ1n) is 5.65. The lowest BCUT2D eigenvalue weighted by atomic mass is 10.1. The number of fused-ring (bicyclic) bond motifs is 1. The van der Waals surface area contributed by atoms with Crippen molar-refractivity contribution in [1.29, 1.82) is 0 Å². The van der Waals surface area contributed by atoms with Crippen molar-refractivity contribution in [3.05, 3.63) is 30.1 Å². The molecule has 0 saturated carbocycles. The Morgan fingerprint density at radius 2 is 2.41 bits per heavy atom. The molecule has 0 aliphatic carbocycles. The number of carbonyl (C=O) groups is 1. The molecule has 1 aliphatic rings. The lowest BCUT2D eigenvalue weighted by Gasteiger charge is -2.26. The topological polar surface area (TPSA) is 58.2 Å². The first kappa shape index (κ1) is 10.3. The van der Waals surface area contributed by atoms with Crippen LogP contribution in [-0.4, -0.2) is 40.7 Å². The summed E-state index contributed by atoms with van der Waals surface area (Å²) in [5.74, 6) is 0.0150. The number of benzene rings is 1. The molecule has 17 heavy (non-hydrogen) atoms. The van der Waals surface area contributed by atoms with Crippen molar-refractivity contribution in [3.8, 4) is 0 Å². The van der Waals surface area contributed by atoms with Crippen LogP contribution >= 0.6 is 0 Å². The van der Waals surface area contributed by atoms with E-state index < -0.39 is 0 Å². The lowest BCUT2D eigenvalue weighted by Crippen LogP contribution is -2.38. The number of carbonyl (C=O) groups excluding carboxylic acids is 1. The number of ether oxygens (including phenoxy) is 1. The van der Waals surface area contributed by atoms with Crippen LogP contribution in [0.25, 0.3) is 11.0 Å². The number of hydrogen-bond acceptors (Lipinski definition) is 3. The highest BCUT2D eigenvalue weighted by atomic mass is 16.5. The molecule has 1 aliphatic heterocycles. The maximum absolute atomic E-state index is 12.2. The molecule has 1 fully saturated rings. The van der Waals surface area contributed by atoms with Crippen LogP contribution in [0.1, 0.15) is 16.8 Å². The van der Waals surface area contributed by atoms with Gasteiger partial charge in [-0.3, -0.25) is 4.79 Å². The Morgan fingerprint density at radius 1 is 1.47 bits per heavy atom. The summed E-state index contributed by atoms with van der Waals surface area (Å²) in [6, 6.07) is 5.49. The van der Waals surface area contributed by atoms with E-state index in [0.717, 1.165) is 30.6 Å². The third-order valence-electron chi connectivity index (χ3n) is 2.92. The highest BCUT2D eigenvalue weighted by molar-refractivity contribution is 5.97. The normalized spacial score (nSPS) is 16.4. The van der Waals surface area contributed by atoms with Crippen LogP contribution in [0.2, 0.25) is 0 Å². The summed E-state index contributed by atoms with van der Waals surface area (Å²) in [6.07, 6.45) is 2.53. The zero-order chi connectivity index (χ0) is 11.7. The van der Waals surface area contributed by atoms with E-state index in [1.54, 1.807) is 17.3 Å². The van der Waals surface area contributed by atoms with Gasteiger partial charge in [0.25, 0.3) is 5.91 Å². The largest absolute Gasteiger partial charge is 0.361 e. The average molecular weight is 231 g/mol. The van der Waals surface area contributed by atoms with E-state index in [1.807, 2.05) is 12.1 Å². The smallest absolute Gasteiger partial charge is 0.255 e. The molecular formula is C12H13N3O2. The summed E-state index contributed by atoms with van der Waals surface area (Å²) < 4.78 is 5.28. The van der Waals surface area contributed by atoms with Crippen molar-refractivity contribution in [1.82, 2.24) is 14.9 Å². The number of imidazole rings is 1. The molecule has 1 aromatic heterocycles. The number of nitrogens with one attached hydrogen (secondary N) is 1. The first-order valence-corrected chi connectivity index (χ1v) is 5.65. The van der Waals surface area contributed by atoms with Gasteiger partial charge in [0, 0.05) is 12.1 Å². The molecule has 3 rings (SSSR count). The number of amides is 1. The fourth-order valence-electron chi connectivity index (χ4n) is 2.01. The van der Waals surface area contributed by atoms with Gasteiger partial charge in [-0.2, -0.15) is 0 Å². The zero-order valence-electron chi connectivity index (χ0n) is 9.35. The zero-order valence-corrected chi connectivity index (χ0v) is 9.35. The third kappa shape index (κ3) is 1.89. The molecule has 0 atom stereocenters. The molecule has 0 spiro atoms. The molecule has 5 nitrogen and oxygen atoms in total. The van der Waals surface area contributed by atoms with Crippen LogP contribution < -0.4 is 0 Å². The van der Waals surface area contributed by atoms with Crippen LogP contribution in [0.3, 0.4) is 0 Å². The number of nitrogens with zero attached hydrogens (tertiary/aromatic N) is 2. The molecule has 5 heteroatoms. The van der Waals surface area contributed by atoms with Crippen LogP contribution in [0.5, 0.6) is 0 Å². The summed E-state index contributed by atoms with van der Waals surface area (Å²) in [4.78, 5) is 21.0. The van der Waals surface area contributed by atoms with E-state index in [4.69, 9.17) is 4.74 Å². The summed E-state index contributed by atoms with van der Waals surface area (Å²) in [5, 5.41) is 0. The van der Waals surface area contributed by atoms with Crippen molar-refractivity contribution in [3.63, 3.8) is 0 Å². The van der Waals surface area contributed by atoms with Crippen molar-refractivity contribution in [2.24, 2.45) is 0 Å². The first-order chi connectivity index (χ1) is 8.34. The Morgan fingerprint density at radius 3 is 3.24 bits per heavy atom. The number of aromatic nitrogens is 2. The summed E-state index contributed by atoms with van der Waals surface area (Å²) in [6.45, 7) is 1.89. The van der Waals surface area contributed by atoms with Crippen LogP contribution in [0.15, 0.2) is 24.5 Å². The predicted octanol–water partition coefficient (Wildman–Crippen LogP) is 1.38. The van der Waals surface area contributed by atoms with Crippen molar-refractivity contribution < 1.29 is 9.53 Å². The van der Waals surface area contributed by atoms with Gasteiger partial charge in [0.15, 0.2) is 0 Å². The van der Waals surface area contributed by atoms with Crippen molar-refractivity contribution >= 4 is 16.9 Å². The molecule has 1 amide bonds. The summed E-state index contributed by atoms with van der Waals surface area (Å²) in [5.41, 5.74) is 2.43. The maximum atomic E-state index is 12.2. The lowest BCUT2D eigenvalue weighted by molar-refractivity contribution is -0.00570. The van der Waals surface area contributed by atoms with Gasteiger partial charge < -0.3 is 14.6 Å². The molecule has 1 saturated heterocycles. The molecule has 1 aromatic carbocycles. The second-order valence-corrected chi connectivity index (χ2v) is 4.09. The minimum Gasteiger partial charge on any atom is -0.361 e. The van der Waals surface area contributed by atoms with Gasteiger partial charge >= 0.3 is 0 Å². The predicted molar refractivity (Wildman–Crippen MR) is 62.6 cm³/mol. The molecule has 0 radical (unpaired) electrons. The molecule has 0 unspecified atom stereocenters. The van der Waals surface area contributed by atoms with Crippen LogP contribution in [0, 0.1) is 0 Å². The Balaban J connectivity index is 1.88. The quantitative estimate of drug-likeness (QED) is 0.806. The van der Waals surface area contributed by atoms with E-state index in [0.29, 0.717) is 12.3 Å². The fourth-order valence-corrected chi connectivity index (χ4v) is 2.01. The van der Waals surface area contributed by atoms with Gasteiger partial charge in [-0.15, -0.1) is 0 Å². The second-order valence-electron chi connectivity index (χ2n) is 4.09. The monoisotopic (exact) mass is 231 g/mol. The van der Waals surface area contributed by atoms with Gasteiger partial charge in [0.05, 0.1) is 24.0 Å². The molecular weight excluding hydrogens is 218 g/mol. The van der Waals surface area contributed by atoms with Gasteiger partial charge in [-0.1, -0.05) is 0 Å². The van der Waals surface area contributed by atoms with Gasteiger partial charge in [0.1, 0.15) is 6.73 Å².